The number of carbonyl (C=O) groups excluding carboxylic acids is 2. The van der Waals surface area contributed by atoms with Gasteiger partial charge in [0.05, 0.1) is 16.6 Å². The van der Waals surface area contributed by atoms with Crippen molar-refractivity contribution in [2.75, 3.05) is 19.8 Å². The first kappa shape index (κ1) is 22.3. The number of ether oxygens (including phenoxy) is 2. The summed E-state index contributed by atoms with van der Waals surface area (Å²) in [5.74, 6) is -1.14. The summed E-state index contributed by atoms with van der Waals surface area (Å²) in [6.45, 7) is 4.33. The largest absolute Gasteiger partial charge is 0.452 e. The number of carbonyl (C=O) groups is 2. The average molecular weight is 413 g/mol. The van der Waals surface area contributed by atoms with Gasteiger partial charge in [0.25, 0.3) is 5.91 Å². The monoisotopic (exact) mass is 412 g/mol. The van der Waals surface area contributed by atoms with E-state index < -0.39 is 22.6 Å². The van der Waals surface area contributed by atoms with Gasteiger partial charge >= 0.3 is 5.97 Å². The van der Waals surface area contributed by atoms with Crippen molar-refractivity contribution in [3.63, 3.8) is 0 Å². The molecule has 1 atom stereocenters. The Balaban J connectivity index is 1.93. The lowest BCUT2D eigenvalue weighted by Crippen LogP contribution is -2.36. The summed E-state index contributed by atoms with van der Waals surface area (Å²) in [5.41, 5.74) is 0.0651. The summed E-state index contributed by atoms with van der Waals surface area (Å²) in [4.78, 5) is 24.0. The molecule has 156 valence electrons. The molecule has 28 heavy (non-hydrogen) atoms. The second kappa shape index (κ2) is 10.5. The molecule has 1 aliphatic heterocycles. The first-order chi connectivity index (χ1) is 13.4. The third-order valence-electron chi connectivity index (χ3n) is 4.59. The van der Waals surface area contributed by atoms with E-state index in [2.05, 4.69) is 10.0 Å². The lowest BCUT2D eigenvalue weighted by atomic mass is 10.2. The minimum atomic E-state index is -3.77. The van der Waals surface area contributed by atoms with Crippen LogP contribution in [-0.2, 0) is 24.3 Å². The summed E-state index contributed by atoms with van der Waals surface area (Å²) in [6, 6.07) is 5.57. The van der Waals surface area contributed by atoms with E-state index in [0.717, 1.165) is 25.7 Å². The fourth-order valence-electron chi connectivity index (χ4n) is 2.86. The van der Waals surface area contributed by atoms with Crippen molar-refractivity contribution in [2.24, 2.45) is 0 Å². The molecule has 1 saturated heterocycles. The summed E-state index contributed by atoms with van der Waals surface area (Å²) >= 11 is 0. The molecule has 2 N–H and O–H groups in total. The summed E-state index contributed by atoms with van der Waals surface area (Å²) in [6.07, 6.45) is 3.17. The summed E-state index contributed by atoms with van der Waals surface area (Å²) < 4.78 is 37.8. The maximum absolute atomic E-state index is 12.4. The Bertz CT molecular complexity index is 770. The number of benzene rings is 1. The zero-order valence-corrected chi connectivity index (χ0v) is 17.1. The Kier molecular flexibility index (Phi) is 8.40. The molecule has 1 aromatic rings. The second-order valence-corrected chi connectivity index (χ2v) is 8.44. The molecule has 1 fully saturated rings. The molecule has 0 spiro atoms. The van der Waals surface area contributed by atoms with Crippen LogP contribution in [-0.4, -0.2) is 52.2 Å². The van der Waals surface area contributed by atoms with E-state index in [4.69, 9.17) is 9.47 Å². The Morgan fingerprint density at radius 1 is 1.29 bits per heavy atom. The smallest absolute Gasteiger partial charge is 0.338 e. The van der Waals surface area contributed by atoms with E-state index in [9.17, 15) is 18.0 Å². The molecule has 0 saturated carbocycles. The Hall–Kier alpha value is -1.97. The van der Waals surface area contributed by atoms with Gasteiger partial charge in [-0.2, -0.15) is 0 Å². The van der Waals surface area contributed by atoms with Crippen molar-refractivity contribution in [1.82, 2.24) is 10.0 Å². The predicted molar refractivity (Wildman–Crippen MR) is 103 cm³/mol. The summed E-state index contributed by atoms with van der Waals surface area (Å²) in [5, 5.41) is 2.77. The highest BCUT2D eigenvalue weighted by atomic mass is 32.2. The minimum absolute atomic E-state index is 0.0367. The molecule has 0 unspecified atom stereocenters. The molecule has 1 aliphatic rings. The molecule has 0 aliphatic carbocycles. The van der Waals surface area contributed by atoms with Gasteiger partial charge in [0.2, 0.25) is 10.0 Å². The van der Waals surface area contributed by atoms with Crippen LogP contribution in [0.2, 0.25) is 0 Å². The SMILES string of the molecule is CCC(CC)NC(=O)COC(=O)c1cccc(S(=O)(=O)NC[C@H]2CCCO2)c1. The van der Waals surface area contributed by atoms with Crippen LogP contribution < -0.4 is 10.0 Å². The van der Waals surface area contributed by atoms with Crippen molar-refractivity contribution in [3.8, 4) is 0 Å². The molecular weight excluding hydrogens is 384 g/mol. The normalized spacial score (nSPS) is 16.9. The van der Waals surface area contributed by atoms with Crippen LogP contribution in [0.25, 0.3) is 0 Å². The maximum atomic E-state index is 12.4. The van der Waals surface area contributed by atoms with Crippen LogP contribution in [0.3, 0.4) is 0 Å². The molecule has 0 radical (unpaired) electrons. The molecule has 1 amide bonds. The van der Waals surface area contributed by atoms with Crippen molar-refractivity contribution in [2.45, 2.75) is 56.6 Å². The van der Waals surface area contributed by atoms with E-state index in [1.165, 1.54) is 24.3 Å². The maximum Gasteiger partial charge on any atom is 0.338 e. The zero-order valence-electron chi connectivity index (χ0n) is 16.3. The van der Waals surface area contributed by atoms with Gasteiger partial charge in [0.15, 0.2) is 6.61 Å². The van der Waals surface area contributed by atoms with E-state index in [0.29, 0.717) is 6.61 Å². The van der Waals surface area contributed by atoms with Crippen molar-refractivity contribution >= 4 is 21.9 Å². The number of nitrogens with one attached hydrogen (secondary N) is 2. The number of hydrogen-bond acceptors (Lipinski definition) is 6. The van der Waals surface area contributed by atoms with Gasteiger partial charge in [-0.15, -0.1) is 0 Å². The molecule has 0 aromatic heterocycles. The fourth-order valence-corrected chi connectivity index (χ4v) is 3.97. The summed E-state index contributed by atoms with van der Waals surface area (Å²) in [7, 11) is -3.77. The predicted octanol–water partition coefficient (Wildman–Crippen LogP) is 1.61. The van der Waals surface area contributed by atoms with E-state index in [1.54, 1.807) is 0 Å². The Morgan fingerprint density at radius 2 is 2.04 bits per heavy atom. The second-order valence-electron chi connectivity index (χ2n) is 6.67. The molecule has 0 bridgehead atoms. The van der Waals surface area contributed by atoms with Gasteiger partial charge in [-0.1, -0.05) is 19.9 Å². The van der Waals surface area contributed by atoms with E-state index in [-0.39, 0.29) is 35.1 Å². The lowest BCUT2D eigenvalue weighted by Gasteiger charge is -2.14. The molecular formula is C19H28N2O6S. The van der Waals surface area contributed by atoms with E-state index >= 15 is 0 Å². The highest BCUT2D eigenvalue weighted by molar-refractivity contribution is 7.89. The van der Waals surface area contributed by atoms with Crippen LogP contribution >= 0.6 is 0 Å². The highest BCUT2D eigenvalue weighted by Crippen LogP contribution is 2.15. The molecule has 8 nitrogen and oxygen atoms in total. The van der Waals surface area contributed by atoms with Crippen LogP contribution in [0.4, 0.5) is 0 Å². The fraction of sp³-hybridized carbons (Fsp3) is 0.579. The molecule has 1 heterocycles. The first-order valence-corrected chi connectivity index (χ1v) is 11.0. The van der Waals surface area contributed by atoms with Gasteiger partial charge in [0.1, 0.15) is 0 Å². The number of hydrogen-bond donors (Lipinski definition) is 2. The molecule has 2 rings (SSSR count). The standard InChI is InChI=1S/C19H28N2O6S/c1-3-15(4-2)21-18(22)13-27-19(23)14-7-5-9-17(11-14)28(24,25)20-12-16-8-6-10-26-16/h5,7,9,11,15-16,20H,3-4,6,8,10,12-13H2,1-2H3,(H,21,22)/t16-/m1/s1. The molecule has 9 heteroatoms. The number of esters is 1. The van der Waals surface area contributed by atoms with Crippen molar-refractivity contribution < 1.29 is 27.5 Å². The third-order valence-corrected chi connectivity index (χ3v) is 6.01. The zero-order chi connectivity index (χ0) is 20.6. The van der Waals surface area contributed by atoms with E-state index in [1.807, 2.05) is 13.8 Å². The van der Waals surface area contributed by atoms with Gasteiger partial charge < -0.3 is 14.8 Å². The Morgan fingerprint density at radius 3 is 2.68 bits per heavy atom. The lowest BCUT2D eigenvalue weighted by molar-refractivity contribution is -0.125. The van der Waals surface area contributed by atoms with Crippen molar-refractivity contribution in [3.05, 3.63) is 29.8 Å². The number of sulfonamides is 1. The molecule has 1 aromatic carbocycles. The average Bonchev–Trinajstić information content (AvgIpc) is 3.22. The topological polar surface area (TPSA) is 111 Å². The Labute approximate surface area is 166 Å². The van der Waals surface area contributed by atoms with Crippen LogP contribution in [0, 0.1) is 0 Å². The van der Waals surface area contributed by atoms with Gasteiger partial charge in [-0.3, -0.25) is 4.79 Å². The number of rotatable bonds is 10. The first-order valence-electron chi connectivity index (χ1n) is 9.53. The third kappa shape index (κ3) is 6.57. The number of amides is 1. The van der Waals surface area contributed by atoms with Gasteiger partial charge in [-0.05, 0) is 43.9 Å². The minimum Gasteiger partial charge on any atom is -0.452 e. The van der Waals surface area contributed by atoms with Crippen LogP contribution in [0.1, 0.15) is 49.9 Å². The quantitative estimate of drug-likeness (QED) is 0.565. The van der Waals surface area contributed by atoms with Crippen molar-refractivity contribution in [1.29, 1.82) is 0 Å². The van der Waals surface area contributed by atoms with Gasteiger partial charge in [0, 0.05) is 19.2 Å². The van der Waals surface area contributed by atoms with Crippen LogP contribution in [0.5, 0.6) is 0 Å². The highest BCUT2D eigenvalue weighted by Gasteiger charge is 2.21. The van der Waals surface area contributed by atoms with Gasteiger partial charge in [-0.25, -0.2) is 17.9 Å². The van der Waals surface area contributed by atoms with Crippen LogP contribution in [0.15, 0.2) is 29.2 Å².